The maximum atomic E-state index is 14.0. The molecule has 0 radical (unpaired) electrons. The minimum atomic E-state index is -0.854. The van der Waals surface area contributed by atoms with E-state index in [9.17, 15) is 13.6 Å². The van der Waals surface area contributed by atoms with Crippen molar-refractivity contribution in [3.8, 4) is 0 Å². The van der Waals surface area contributed by atoms with Crippen LogP contribution in [-0.2, 0) is 6.54 Å². The van der Waals surface area contributed by atoms with Gasteiger partial charge in [-0.3, -0.25) is 4.79 Å². The molecule has 0 fully saturated rings. The topological polar surface area (TPSA) is 46.3 Å². The van der Waals surface area contributed by atoms with Gasteiger partial charge in [-0.25, -0.2) is 8.78 Å². The highest BCUT2D eigenvalue weighted by Gasteiger charge is 2.22. The fourth-order valence-corrected chi connectivity index (χ4v) is 2.01. The van der Waals surface area contributed by atoms with E-state index in [1.807, 2.05) is 0 Å². The van der Waals surface area contributed by atoms with Crippen molar-refractivity contribution < 1.29 is 13.6 Å². The number of hydrogen-bond donors (Lipinski definition) is 1. The highest BCUT2D eigenvalue weighted by molar-refractivity contribution is 5.94. The first-order valence-corrected chi connectivity index (χ1v) is 6.44. The summed E-state index contributed by atoms with van der Waals surface area (Å²) >= 11 is 0. The quantitative estimate of drug-likeness (QED) is 0.883. The van der Waals surface area contributed by atoms with Gasteiger partial charge in [-0.15, -0.1) is 0 Å². The number of aryl methyl sites for hydroxylation is 1. The van der Waals surface area contributed by atoms with Crippen molar-refractivity contribution >= 4 is 11.6 Å². The smallest absolute Gasteiger partial charge is 0.259 e. The lowest BCUT2D eigenvalue weighted by molar-refractivity contribution is 0.0775. The van der Waals surface area contributed by atoms with Crippen LogP contribution in [0.15, 0.2) is 36.4 Å². The van der Waals surface area contributed by atoms with Crippen LogP contribution in [0.3, 0.4) is 0 Å². The number of hydrogen-bond acceptors (Lipinski definition) is 2. The molecule has 3 nitrogen and oxygen atoms in total. The molecule has 0 atom stereocenters. The molecule has 5 heteroatoms. The van der Waals surface area contributed by atoms with Gasteiger partial charge in [0.15, 0.2) is 0 Å². The molecule has 1 amide bonds. The summed E-state index contributed by atoms with van der Waals surface area (Å²) in [6, 6.07) is 9.36. The van der Waals surface area contributed by atoms with Crippen molar-refractivity contribution in [3.63, 3.8) is 0 Å². The number of nitrogen functional groups attached to an aromatic ring is 1. The van der Waals surface area contributed by atoms with Gasteiger partial charge >= 0.3 is 0 Å². The van der Waals surface area contributed by atoms with Crippen molar-refractivity contribution in [1.29, 1.82) is 0 Å². The second-order valence-corrected chi connectivity index (χ2v) is 4.96. The van der Waals surface area contributed by atoms with Crippen LogP contribution < -0.4 is 5.73 Å². The Kier molecular flexibility index (Phi) is 4.21. The first kappa shape index (κ1) is 15.0. The van der Waals surface area contributed by atoms with E-state index in [2.05, 4.69) is 0 Å². The average molecular weight is 290 g/mol. The van der Waals surface area contributed by atoms with Crippen LogP contribution in [-0.4, -0.2) is 17.9 Å². The number of nitrogens with two attached hydrogens (primary N) is 1. The highest BCUT2D eigenvalue weighted by atomic mass is 19.1. The molecule has 2 N–H and O–H groups in total. The number of anilines is 1. The number of carbonyl (C=O) groups is 1. The van der Waals surface area contributed by atoms with Crippen molar-refractivity contribution in [2.45, 2.75) is 13.5 Å². The number of carbonyl (C=O) groups excluding carboxylic acids is 1. The minimum absolute atomic E-state index is 0.237. The minimum Gasteiger partial charge on any atom is -0.399 e. The summed E-state index contributed by atoms with van der Waals surface area (Å²) in [7, 11) is 1.50. The largest absolute Gasteiger partial charge is 0.399 e. The van der Waals surface area contributed by atoms with Crippen molar-refractivity contribution in [2.24, 2.45) is 0 Å². The zero-order valence-electron chi connectivity index (χ0n) is 11.9. The summed E-state index contributed by atoms with van der Waals surface area (Å²) in [6.45, 7) is 1.73. The fourth-order valence-electron chi connectivity index (χ4n) is 2.01. The molecule has 110 valence electrons. The lowest BCUT2D eigenvalue weighted by Gasteiger charge is -2.18. The zero-order chi connectivity index (χ0) is 15.6. The second-order valence-electron chi connectivity index (χ2n) is 4.96. The van der Waals surface area contributed by atoms with Gasteiger partial charge in [0, 0.05) is 19.3 Å². The maximum absolute atomic E-state index is 14.0. The van der Waals surface area contributed by atoms with Crippen LogP contribution in [0.2, 0.25) is 0 Å². The predicted molar refractivity (Wildman–Crippen MR) is 77.7 cm³/mol. The van der Waals surface area contributed by atoms with E-state index in [-0.39, 0.29) is 12.1 Å². The molecule has 0 aromatic heterocycles. The summed E-state index contributed by atoms with van der Waals surface area (Å²) < 4.78 is 27.7. The maximum Gasteiger partial charge on any atom is 0.259 e. The second kappa shape index (κ2) is 5.91. The normalized spacial score (nSPS) is 10.5. The van der Waals surface area contributed by atoms with E-state index < -0.39 is 23.1 Å². The standard InChI is InChI=1S/C16H16F2N2O/c1-10-3-8-13(17)14(15(10)18)16(21)20(2)9-11-4-6-12(19)7-5-11/h3-8H,9,19H2,1-2H3. The summed E-state index contributed by atoms with van der Waals surface area (Å²) in [5.74, 6) is -2.36. The van der Waals surface area contributed by atoms with Gasteiger partial charge in [-0.05, 0) is 36.2 Å². The number of benzene rings is 2. The van der Waals surface area contributed by atoms with Gasteiger partial charge in [0.25, 0.3) is 5.91 Å². The van der Waals surface area contributed by atoms with Crippen molar-refractivity contribution in [2.75, 3.05) is 12.8 Å². The molecule has 0 bridgehead atoms. The van der Waals surface area contributed by atoms with E-state index in [1.165, 1.54) is 24.9 Å². The number of amides is 1. The van der Waals surface area contributed by atoms with Gasteiger partial charge in [0.1, 0.15) is 17.2 Å². The third-order valence-corrected chi connectivity index (χ3v) is 3.24. The van der Waals surface area contributed by atoms with Crippen LogP contribution >= 0.6 is 0 Å². The van der Waals surface area contributed by atoms with E-state index in [1.54, 1.807) is 24.3 Å². The Morgan fingerprint density at radius 1 is 1.14 bits per heavy atom. The Morgan fingerprint density at radius 3 is 2.38 bits per heavy atom. The monoisotopic (exact) mass is 290 g/mol. The molecule has 0 aliphatic carbocycles. The molecule has 0 saturated carbocycles. The zero-order valence-corrected chi connectivity index (χ0v) is 11.9. The lowest BCUT2D eigenvalue weighted by atomic mass is 10.1. The van der Waals surface area contributed by atoms with Gasteiger partial charge in [0.2, 0.25) is 0 Å². The molecular formula is C16H16F2N2O. The molecule has 2 aromatic rings. The summed E-state index contributed by atoms with van der Waals surface area (Å²) in [5, 5.41) is 0. The first-order chi connectivity index (χ1) is 9.90. The molecule has 2 rings (SSSR count). The third-order valence-electron chi connectivity index (χ3n) is 3.24. The summed E-state index contributed by atoms with van der Waals surface area (Å²) in [5.41, 5.74) is 6.74. The molecule has 0 heterocycles. The van der Waals surface area contributed by atoms with Gasteiger partial charge in [-0.1, -0.05) is 18.2 Å². The Balaban J connectivity index is 2.24. The molecule has 21 heavy (non-hydrogen) atoms. The summed E-state index contributed by atoms with van der Waals surface area (Å²) in [4.78, 5) is 13.5. The predicted octanol–water partition coefficient (Wildman–Crippen LogP) is 3.13. The van der Waals surface area contributed by atoms with Crippen LogP contribution in [0.25, 0.3) is 0 Å². The number of halogens is 2. The molecule has 0 aliphatic heterocycles. The highest BCUT2D eigenvalue weighted by Crippen LogP contribution is 2.19. The van der Waals surface area contributed by atoms with Crippen molar-refractivity contribution in [3.05, 3.63) is 64.7 Å². The Hall–Kier alpha value is -2.43. The molecule has 0 saturated heterocycles. The van der Waals surface area contributed by atoms with Gasteiger partial charge < -0.3 is 10.6 Å². The van der Waals surface area contributed by atoms with Gasteiger partial charge in [0.05, 0.1) is 0 Å². The molecule has 2 aromatic carbocycles. The van der Waals surface area contributed by atoms with E-state index in [4.69, 9.17) is 5.73 Å². The number of nitrogens with zero attached hydrogens (tertiary/aromatic N) is 1. The molecule has 0 spiro atoms. The third kappa shape index (κ3) is 3.18. The molecular weight excluding hydrogens is 274 g/mol. The van der Waals surface area contributed by atoms with Crippen LogP contribution in [0.4, 0.5) is 14.5 Å². The summed E-state index contributed by atoms with van der Waals surface area (Å²) in [6.07, 6.45) is 0. The Morgan fingerprint density at radius 2 is 1.76 bits per heavy atom. The van der Waals surface area contributed by atoms with E-state index >= 15 is 0 Å². The fraction of sp³-hybridized carbons (Fsp3) is 0.188. The number of rotatable bonds is 3. The lowest BCUT2D eigenvalue weighted by Crippen LogP contribution is -2.28. The first-order valence-electron chi connectivity index (χ1n) is 6.44. The molecule has 0 unspecified atom stereocenters. The van der Waals surface area contributed by atoms with Crippen LogP contribution in [0, 0.1) is 18.6 Å². The van der Waals surface area contributed by atoms with Crippen molar-refractivity contribution in [1.82, 2.24) is 4.90 Å². The van der Waals surface area contributed by atoms with Gasteiger partial charge in [-0.2, -0.15) is 0 Å². The van der Waals surface area contributed by atoms with Crippen LogP contribution in [0.1, 0.15) is 21.5 Å². The Bertz CT molecular complexity index is 669. The Labute approximate surface area is 122 Å². The van der Waals surface area contributed by atoms with Crippen LogP contribution in [0.5, 0.6) is 0 Å². The average Bonchev–Trinajstić information content (AvgIpc) is 2.45. The SMILES string of the molecule is Cc1ccc(F)c(C(=O)N(C)Cc2ccc(N)cc2)c1F. The van der Waals surface area contributed by atoms with E-state index in [0.717, 1.165) is 11.6 Å². The van der Waals surface area contributed by atoms with E-state index in [0.29, 0.717) is 5.69 Å². The molecule has 0 aliphatic rings.